The summed E-state index contributed by atoms with van der Waals surface area (Å²) < 4.78 is 37.9. The molecule has 4 nitrogen and oxygen atoms in total. The summed E-state index contributed by atoms with van der Waals surface area (Å²) in [5.74, 6) is -1.41. The Labute approximate surface area is 99.1 Å². The van der Waals surface area contributed by atoms with Crippen LogP contribution in [0.3, 0.4) is 0 Å². The molecular weight excluding hydrogens is 249 g/mol. The summed E-state index contributed by atoms with van der Waals surface area (Å²) in [5.41, 5.74) is -0.876. The van der Waals surface area contributed by atoms with Crippen LogP contribution in [0.4, 0.5) is 13.2 Å². The third-order valence-corrected chi connectivity index (χ3v) is 2.34. The highest BCUT2D eigenvalue weighted by Crippen LogP contribution is 2.33. The van der Waals surface area contributed by atoms with Crippen LogP contribution < -0.4 is 0 Å². The number of aromatic carboxylic acids is 1. The van der Waals surface area contributed by atoms with E-state index in [1.165, 1.54) is 18.5 Å². The van der Waals surface area contributed by atoms with Gasteiger partial charge in [0.25, 0.3) is 0 Å². The number of aromatic nitrogens is 2. The van der Waals surface area contributed by atoms with Crippen molar-refractivity contribution in [2.24, 2.45) is 0 Å². The van der Waals surface area contributed by atoms with Gasteiger partial charge in [0.1, 0.15) is 0 Å². The summed E-state index contributed by atoms with van der Waals surface area (Å²) >= 11 is 0. The molecule has 1 heterocycles. The van der Waals surface area contributed by atoms with Crippen LogP contribution in [0.1, 0.15) is 15.9 Å². The smallest absolute Gasteiger partial charge is 0.416 e. The third kappa shape index (κ3) is 2.34. The minimum atomic E-state index is -4.59. The summed E-state index contributed by atoms with van der Waals surface area (Å²) in [7, 11) is 0. The van der Waals surface area contributed by atoms with Gasteiger partial charge in [0.15, 0.2) is 0 Å². The molecule has 18 heavy (non-hydrogen) atoms. The van der Waals surface area contributed by atoms with Gasteiger partial charge in [-0.05, 0) is 23.8 Å². The van der Waals surface area contributed by atoms with E-state index in [4.69, 9.17) is 5.11 Å². The van der Waals surface area contributed by atoms with E-state index in [1.807, 2.05) is 0 Å². The minimum Gasteiger partial charge on any atom is -0.478 e. The molecule has 0 atom stereocenters. The first-order chi connectivity index (χ1) is 8.38. The number of hydrogen-bond acceptors (Lipinski definition) is 2. The lowest BCUT2D eigenvalue weighted by atomic mass is 10.0. The van der Waals surface area contributed by atoms with E-state index in [-0.39, 0.29) is 5.56 Å². The number of nitrogens with one attached hydrogen (secondary N) is 1. The number of carbonyl (C=O) groups is 1. The van der Waals surface area contributed by atoms with Crippen molar-refractivity contribution >= 4 is 5.97 Å². The number of alkyl halides is 3. The Hall–Kier alpha value is -2.31. The quantitative estimate of drug-likeness (QED) is 0.868. The standard InChI is InChI=1S/C11H7F3N2O2/c12-11(13,14)9-2-6(8-4-15-16-5-8)1-7(3-9)10(17)18/h1-5H,(H,15,16)(H,17,18). The molecule has 0 spiro atoms. The van der Waals surface area contributed by atoms with Crippen molar-refractivity contribution in [1.82, 2.24) is 10.2 Å². The Kier molecular flexibility index (Phi) is 2.82. The van der Waals surface area contributed by atoms with Crippen molar-refractivity contribution in [2.45, 2.75) is 6.18 Å². The predicted octanol–water partition coefficient (Wildman–Crippen LogP) is 2.79. The molecule has 2 rings (SSSR count). The molecule has 0 fully saturated rings. The lowest BCUT2D eigenvalue weighted by Gasteiger charge is -2.09. The van der Waals surface area contributed by atoms with E-state index >= 15 is 0 Å². The van der Waals surface area contributed by atoms with Gasteiger partial charge in [-0.25, -0.2) is 4.79 Å². The second-order valence-corrected chi connectivity index (χ2v) is 3.59. The second-order valence-electron chi connectivity index (χ2n) is 3.59. The Morgan fingerprint density at radius 1 is 1.22 bits per heavy atom. The van der Waals surface area contributed by atoms with E-state index in [1.54, 1.807) is 0 Å². The summed E-state index contributed by atoms with van der Waals surface area (Å²) in [6.07, 6.45) is -1.88. The summed E-state index contributed by atoms with van der Waals surface area (Å²) in [5, 5.41) is 14.9. The maximum atomic E-state index is 12.6. The molecule has 7 heteroatoms. The predicted molar refractivity (Wildman–Crippen MR) is 56.0 cm³/mol. The van der Waals surface area contributed by atoms with Crippen LogP contribution in [-0.4, -0.2) is 21.3 Å². The van der Waals surface area contributed by atoms with Crippen LogP contribution in [0.5, 0.6) is 0 Å². The van der Waals surface area contributed by atoms with E-state index in [9.17, 15) is 18.0 Å². The summed E-state index contributed by atoms with van der Waals surface area (Å²) in [6, 6.07) is 2.66. The van der Waals surface area contributed by atoms with Crippen molar-refractivity contribution in [1.29, 1.82) is 0 Å². The van der Waals surface area contributed by atoms with Gasteiger partial charge in [0, 0.05) is 11.8 Å². The number of rotatable bonds is 2. The van der Waals surface area contributed by atoms with Crippen LogP contribution in [0.2, 0.25) is 0 Å². The maximum absolute atomic E-state index is 12.6. The monoisotopic (exact) mass is 256 g/mol. The van der Waals surface area contributed by atoms with Gasteiger partial charge in [-0.2, -0.15) is 18.3 Å². The minimum absolute atomic E-state index is 0.149. The van der Waals surface area contributed by atoms with Gasteiger partial charge < -0.3 is 5.11 Å². The van der Waals surface area contributed by atoms with Gasteiger partial charge in [0.2, 0.25) is 0 Å². The zero-order chi connectivity index (χ0) is 13.3. The highest BCUT2D eigenvalue weighted by atomic mass is 19.4. The molecular formula is C11H7F3N2O2. The Balaban J connectivity index is 2.61. The number of hydrogen-bond donors (Lipinski definition) is 2. The Morgan fingerprint density at radius 3 is 2.44 bits per heavy atom. The summed E-state index contributed by atoms with van der Waals surface area (Å²) in [4.78, 5) is 10.8. The van der Waals surface area contributed by atoms with Crippen molar-refractivity contribution < 1.29 is 23.1 Å². The van der Waals surface area contributed by atoms with Crippen LogP contribution in [-0.2, 0) is 6.18 Å². The van der Waals surface area contributed by atoms with E-state index < -0.39 is 23.3 Å². The lowest BCUT2D eigenvalue weighted by molar-refractivity contribution is -0.137. The number of aromatic amines is 1. The molecule has 0 radical (unpaired) electrons. The number of carboxylic acid groups (broad SMARTS) is 1. The molecule has 1 aromatic heterocycles. The third-order valence-electron chi connectivity index (χ3n) is 2.34. The number of nitrogens with zero attached hydrogens (tertiary/aromatic N) is 1. The van der Waals surface area contributed by atoms with Crippen LogP contribution in [0.15, 0.2) is 30.6 Å². The van der Waals surface area contributed by atoms with Crippen molar-refractivity contribution in [3.05, 3.63) is 41.7 Å². The molecule has 0 aliphatic rings. The first kappa shape index (κ1) is 12.2. The molecule has 0 saturated carbocycles. The molecule has 0 amide bonds. The van der Waals surface area contributed by atoms with E-state index in [0.717, 1.165) is 6.07 Å². The second kappa shape index (κ2) is 4.17. The van der Waals surface area contributed by atoms with E-state index in [0.29, 0.717) is 11.6 Å². The number of benzene rings is 1. The Bertz CT molecular complexity index is 576. The highest BCUT2D eigenvalue weighted by Gasteiger charge is 2.32. The first-order valence-corrected chi connectivity index (χ1v) is 4.82. The van der Waals surface area contributed by atoms with Gasteiger partial charge in [-0.3, -0.25) is 5.10 Å². The molecule has 0 aliphatic heterocycles. The maximum Gasteiger partial charge on any atom is 0.416 e. The van der Waals surface area contributed by atoms with Crippen LogP contribution in [0.25, 0.3) is 11.1 Å². The lowest BCUT2D eigenvalue weighted by Crippen LogP contribution is -2.08. The van der Waals surface area contributed by atoms with Crippen LogP contribution in [0, 0.1) is 0 Å². The fraction of sp³-hybridized carbons (Fsp3) is 0.0909. The van der Waals surface area contributed by atoms with Gasteiger partial charge in [-0.15, -0.1) is 0 Å². The van der Waals surface area contributed by atoms with Crippen molar-refractivity contribution in [3.8, 4) is 11.1 Å². The molecule has 0 unspecified atom stereocenters. The molecule has 2 aromatic rings. The van der Waals surface area contributed by atoms with Crippen molar-refractivity contribution in [2.75, 3.05) is 0 Å². The number of halogens is 3. The fourth-order valence-electron chi connectivity index (χ4n) is 1.49. The highest BCUT2D eigenvalue weighted by molar-refractivity contribution is 5.89. The SMILES string of the molecule is O=C(O)c1cc(-c2cn[nH]c2)cc(C(F)(F)F)c1. The zero-order valence-corrected chi connectivity index (χ0v) is 8.82. The molecule has 94 valence electrons. The van der Waals surface area contributed by atoms with E-state index in [2.05, 4.69) is 10.2 Å². The number of carboxylic acids is 1. The van der Waals surface area contributed by atoms with Crippen molar-refractivity contribution in [3.63, 3.8) is 0 Å². The average molecular weight is 256 g/mol. The van der Waals surface area contributed by atoms with Gasteiger partial charge in [0.05, 0.1) is 17.3 Å². The summed E-state index contributed by atoms with van der Waals surface area (Å²) in [6.45, 7) is 0. The normalized spacial score (nSPS) is 11.5. The molecule has 0 saturated heterocycles. The fourth-order valence-corrected chi connectivity index (χ4v) is 1.49. The Morgan fingerprint density at radius 2 is 1.94 bits per heavy atom. The topological polar surface area (TPSA) is 66.0 Å². The first-order valence-electron chi connectivity index (χ1n) is 4.82. The zero-order valence-electron chi connectivity index (χ0n) is 8.82. The van der Waals surface area contributed by atoms with Gasteiger partial charge >= 0.3 is 12.1 Å². The van der Waals surface area contributed by atoms with Crippen LogP contribution >= 0.6 is 0 Å². The molecule has 0 bridgehead atoms. The molecule has 1 aromatic carbocycles. The molecule has 2 N–H and O–H groups in total. The number of H-pyrrole nitrogens is 1. The van der Waals surface area contributed by atoms with Gasteiger partial charge in [-0.1, -0.05) is 0 Å². The average Bonchev–Trinajstić information content (AvgIpc) is 2.80. The largest absolute Gasteiger partial charge is 0.478 e. The molecule has 0 aliphatic carbocycles.